The van der Waals surface area contributed by atoms with Crippen LogP contribution in [0.3, 0.4) is 0 Å². The van der Waals surface area contributed by atoms with Gasteiger partial charge in [0.05, 0.1) is 22.1 Å². The van der Waals surface area contributed by atoms with Gasteiger partial charge in [-0.2, -0.15) is 0 Å². The van der Waals surface area contributed by atoms with E-state index in [9.17, 15) is 0 Å². The average Bonchev–Trinajstić information content (AvgIpc) is 3.80. The van der Waals surface area contributed by atoms with Gasteiger partial charge in [-0.25, -0.2) is 0 Å². The molecular weight excluding hydrogens is 842 g/mol. The van der Waals surface area contributed by atoms with E-state index >= 15 is 0 Å². The van der Waals surface area contributed by atoms with Gasteiger partial charge in [-0.05, 0) is 132 Å². The van der Waals surface area contributed by atoms with Crippen molar-refractivity contribution in [3.8, 4) is 11.4 Å². The van der Waals surface area contributed by atoms with E-state index in [1.807, 2.05) is 0 Å². The smallest absolute Gasteiger partial charge is 0.242 e. The van der Waals surface area contributed by atoms with Crippen LogP contribution in [-0.2, 0) is 0 Å². The second-order valence-corrected chi connectivity index (χ2v) is 20.9. The molecule has 0 saturated carbocycles. The summed E-state index contributed by atoms with van der Waals surface area (Å²) in [7, 11) is 0. The molecule has 0 unspecified atom stereocenters. The number of hydrogen-bond donors (Lipinski definition) is 0. The van der Waals surface area contributed by atoms with Gasteiger partial charge >= 0.3 is 0 Å². The highest BCUT2D eigenvalue weighted by Crippen LogP contribution is 2.39. The van der Waals surface area contributed by atoms with E-state index in [0.717, 1.165) is 11.4 Å². The summed E-state index contributed by atoms with van der Waals surface area (Å²) in [5, 5.41) is 5.00. The SMILES string of the molecule is Cc1cc(C)c(B(c2ccc(-n3c4ccccc4c4cc5c(cc43)c3ccccc3n5-c3ccc(B(c4c(C)cc(C)cc4C)c4c(C)cc(C)cc4C)cc3)cc2)c2c(C)cc(C)cc2C)c(C)c1. The van der Waals surface area contributed by atoms with Crippen LogP contribution in [0.5, 0.6) is 0 Å². The van der Waals surface area contributed by atoms with Gasteiger partial charge in [0.2, 0.25) is 13.4 Å². The summed E-state index contributed by atoms with van der Waals surface area (Å²) in [6.07, 6.45) is 0. The zero-order valence-electron chi connectivity index (χ0n) is 43.1. The summed E-state index contributed by atoms with van der Waals surface area (Å²) < 4.78 is 4.97. The van der Waals surface area contributed by atoms with Crippen LogP contribution in [0.15, 0.2) is 158 Å². The molecule has 0 N–H and O–H groups in total. The Hall–Kier alpha value is -7.29. The van der Waals surface area contributed by atoms with E-state index in [1.165, 1.54) is 143 Å². The van der Waals surface area contributed by atoms with Crippen molar-refractivity contribution in [2.45, 2.75) is 83.1 Å². The second-order valence-electron chi connectivity index (χ2n) is 20.9. The van der Waals surface area contributed by atoms with Crippen molar-refractivity contribution in [3.05, 3.63) is 224 Å². The summed E-state index contributed by atoms with van der Waals surface area (Å²) >= 11 is 0. The minimum atomic E-state index is 0.116. The first-order valence-corrected chi connectivity index (χ1v) is 25.1. The maximum Gasteiger partial charge on any atom is 0.242 e. The van der Waals surface area contributed by atoms with Crippen molar-refractivity contribution in [2.75, 3.05) is 0 Å². The van der Waals surface area contributed by atoms with Gasteiger partial charge in [0.25, 0.3) is 0 Å². The van der Waals surface area contributed by atoms with E-state index in [-0.39, 0.29) is 13.4 Å². The molecule has 2 heterocycles. The minimum Gasteiger partial charge on any atom is -0.309 e. The first kappa shape index (κ1) is 45.2. The molecule has 0 atom stereocenters. The fourth-order valence-corrected chi connectivity index (χ4v) is 13.2. The molecule has 4 heteroatoms. The van der Waals surface area contributed by atoms with Gasteiger partial charge < -0.3 is 9.13 Å². The fourth-order valence-electron chi connectivity index (χ4n) is 13.2. The van der Waals surface area contributed by atoms with Crippen molar-refractivity contribution in [2.24, 2.45) is 0 Å². The molecule has 0 bridgehead atoms. The Morgan fingerprint density at radius 2 is 0.514 bits per heavy atom. The Kier molecular flexibility index (Phi) is 11.2. The minimum absolute atomic E-state index is 0.116. The number of benzene rings is 9. The van der Waals surface area contributed by atoms with Gasteiger partial charge in [0.15, 0.2) is 0 Å². The van der Waals surface area contributed by atoms with Crippen LogP contribution in [0.25, 0.3) is 55.0 Å². The first-order valence-electron chi connectivity index (χ1n) is 25.1. The van der Waals surface area contributed by atoms with Crippen molar-refractivity contribution in [1.29, 1.82) is 0 Å². The summed E-state index contributed by atoms with van der Waals surface area (Å²) in [5.41, 5.74) is 31.4. The number of hydrogen-bond acceptors (Lipinski definition) is 0. The lowest BCUT2D eigenvalue weighted by molar-refractivity contribution is 1.18. The highest BCUT2D eigenvalue weighted by Gasteiger charge is 2.30. The van der Waals surface area contributed by atoms with Crippen molar-refractivity contribution >= 4 is 89.8 Å². The second kappa shape index (κ2) is 17.3. The number of aromatic nitrogens is 2. The number of fused-ring (bicyclic) bond motifs is 6. The lowest BCUT2D eigenvalue weighted by Gasteiger charge is -2.25. The zero-order valence-corrected chi connectivity index (χ0v) is 43.1. The largest absolute Gasteiger partial charge is 0.309 e. The third kappa shape index (κ3) is 7.43. The molecule has 2 nitrogen and oxygen atoms in total. The predicted molar refractivity (Wildman–Crippen MR) is 307 cm³/mol. The third-order valence-corrected chi connectivity index (χ3v) is 15.5. The molecule has 0 fully saturated rings. The first-order chi connectivity index (χ1) is 33.7. The van der Waals surface area contributed by atoms with Gasteiger partial charge in [0.1, 0.15) is 0 Å². The van der Waals surface area contributed by atoms with Crippen LogP contribution in [0.2, 0.25) is 0 Å². The quantitative estimate of drug-likeness (QED) is 0.135. The summed E-state index contributed by atoms with van der Waals surface area (Å²) in [6, 6.07) is 60.6. The average molecular weight is 905 g/mol. The molecule has 0 aliphatic carbocycles. The molecule has 9 aromatic carbocycles. The Bertz CT molecular complexity index is 3440. The molecule has 70 heavy (non-hydrogen) atoms. The molecule has 11 aromatic rings. The van der Waals surface area contributed by atoms with Gasteiger partial charge in [-0.3, -0.25) is 0 Å². The maximum atomic E-state index is 2.48. The summed E-state index contributed by atoms with van der Waals surface area (Å²) in [6.45, 7) is 27.4. The van der Waals surface area contributed by atoms with Crippen molar-refractivity contribution < 1.29 is 0 Å². The molecule has 0 aliphatic heterocycles. The Labute approximate surface area is 415 Å². The Morgan fingerprint density at radius 1 is 0.257 bits per heavy atom. The lowest BCUT2D eigenvalue weighted by atomic mass is 9.34. The van der Waals surface area contributed by atoms with Crippen molar-refractivity contribution in [3.63, 3.8) is 0 Å². The molecule has 0 spiro atoms. The lowest BCUT2D eigenvalue weighted by Crippen LogP contribution is -2.55. The molecule has 0 radical (unpaired) electrons. The summed E-state index contributed by atoms with van der Waals surface area (Å²) in [4.78, 5) is 0. The molecule has 2 aromatic heterocycles. The molecule has 11 rings (SSSR count). The standard InChI is InChI=1S/C66H62B2N2/c1-39-29-43(5)63(44(6)30-39)67(64-45(7)31-40(2)32-46(64)8)51-21-25-53(26-22-51)69-59-19-15-13-17-55(59)57-38-62-58(37-61(57)69)56-18-14-16-20-60(56)70(62)54-27-23-52(24-28-54)68(65-47(9)33-41(3)34-48(65)10)66-49(11)35-42(4)36-50(66)12/h13-38H,1-12H3. The third-order valence-electron chi connectivity index (χ3n) is 15.5. The van der Waals surface area contributed by atoms with E-state index in [0.29, 0.717) is 0 Å². The molecule has 0 amide bonds. The van der Waals surface area contributed by atoms with Crippen LogP contribution in [-0.4, -0.2) is 22.6 Å². The van der Waals surface area contributed by atoms with E-state index in [1.54, 1.807) is 0 Å². The monoisotopic (exact) mass is 905 g/mol. The van der Waals surface area contributed by atoms with Gasteiger partial charge in [-0.1, -0.05) is 209 Å². The highest BCUT2D eigenvalue weighted by atomic mass is 15.0. The normalized spacial score (nSPS) is 11.7. The highest BCUT2D eigenvalue weighted by molar-refractivity contribution is 6.97. The van der Waals surface area contributed by atoms with Crippen molar-refractivity contribution in [1.82, 2.24) is 9.13 Å². The van der Waals surface area contributed by atoms with E-state index in [4.69, 9.17) is 0 Å². The topological polar surface area (TPSA) is 9.86 Å². The number of rotatable bonds is 8. The predicted octanol–water partition coefficient (Wildman–Crippen LogP) is 12.6. The molecule has 0 aliphatic rings. The Morgan fingerprint density at radius 3 is 0.786 bits per heavy atom. The van der Waals surface area contributed by atoms with Gasteiger partial charge in [-0.15, -0.1) is 0 Å². The molecule has 342 valence electrons. The molecule has 0 saturated heterocycles. The fraction of sp³-hybridized carbons (Fsp3) is 0.182. The van der Waals surface area contributed by atoms with Crippen LogP contribution in [0.4, 0.5) is 0 Å². The maximum absolute atomic E-state index is 2.48. The van der Waals surface area contributed by atoms with Crippen LogP contribution < -0.4 is 32.8 Å². The van der Waals surface area contributed by atoms with E-state index < -0.39 is 0 Å². The van der Waals surface area contributed by atoms with Crippen LogP contribution in [0.1, 0.15) is 66.8 Å². The van der Waals surface area contributed by atoms with Gasteiger partial charge in [0, 0.05) is 32.9 Å². The van der Waals surface area contributed by atoms with Crippen LogP contribution >= 0.6 is 0 Å². The number of nitrogens with zero attached hydrogens (tertiary/aromatic N) is 2. The number of aryl methyl sites for hydroxylation is 12. The molecular formula is C66H62B2N2. The zero-order chi connectivity index (χ0) is 48.9. The Balaban J connectivity index is 1.07. The summed E-state index contributed by atoms with van der Waals surface area (Å²) in [5.74, 6) is 0. The number of para-hydroxylation sites is 2. The van der Waals surface area contributed by atoms with E-state index in [2.05, 4.69) is 250 Å². The van der Waals surface area contributed by atoms with Crippen LogP contribution in [0, 0.1) is 83.1 Å².